The molecule has 0 unspecified atom stereocenters. The van der Waals surface area contributed by atoms with Gasteiger partial charge in [-0.3, -0.25) is 0 Å². The summed E-state index contributed by atoms with van der Waals surface area (Å²) in [6.45, 7) is 3.30. The van der Waals surface area contributed by atoms with Crippen LogP contribution in [0, 0.1) is 0 Å². The summed E-state index contributed by atoms with van der Waals surface area (Å²) in [6, 6.07) is 2.11. The van der Waals surface area contributed by atoms with Crippen molar-refractivity contribution in [1.82, 2.24) is 4.57 Å². The number of rotatable bonds is 3. The van der Waals surface area contributed by atoms with Crippen LogP contribution in [0.4, 0.5) is 0 Å². The van der Waals surface area contributed by atoms with Crippen molar-refractivity contribution in [2.45, 2.75) is 25.6 Å². The van der Waals surface area contributed by atoms with E-state index in [1.807, 2.05) is 0 Å². The highest BCUT2D eigenvalue weighted by atomic mass is 32.1. The van der Waals surface area contributed by atoms with Crippen LogP contribution in [0.25, 0.3) is 0 Å². The van der Waals surface area contributed by atoms with Crippen molar-refractivity contribution < 1.29 is 0 Å². The van der Waals surface area contributed by atoms with Crippen LogP contribution in [0.15, 0.2) is 18.5 Å². The Bertz CT molecular complexity index is 193. The fourth-order valence-electron chi connectivity index (χ4n) is 0.981. The molecule has 0 aromatic carbocycles. The van der Waals surface area contributed by atoms with Gasteiger partial charge in [0, 0.05) is 24.7 Å². The Hall–Kier alpha value is -0.370. The first kappa shape index (κ1) is 7.73. The summed E-state index contributed by atoms with van der Waals surface area (Å²) in [5.74, 6) is 0.844. The van der Waals surface area contributed by atoms with Gasteiger partial charge in [-0.1, -0.05) is 6.92 Å². The van der Waals surface area contributed by atoms with Crippen molar-refractivity contribution in [3.05, 3.63) is 24.0 Å². The zero-order valence-electron chi connectivity index (χ0n) is 6.25. The minimum absolute atomic E-state index is 0.844. The fourth-order valence-corrected chi connectivity index (χ4v) is 1.17. The van der Waals surface area contributed by atoms with Gasteiger partial charge in [0.1, 0.15) is 0 Å². The van der Waals surface area contributed by atoms with E-state index in [-0.39, 0.29) is 0 Å². The minimum atomic E-state index is 0.844. The summed E-state index contributed by atoms with van der Waals surface area (Å²) in [5, 5.41) is 0. The summed E-state index contributed by atoms with van der Waals surface area (Å²) in [5.41, 5.74) is 1.30. The van der Waals surface area contributed by atoms with Gasteiger partial charge >= 0.3 is 0 Å². The topological polar surface area (TPSA) is 4.93 Å². The quantitative estimate of drug-likeness (QED) is 0.639. The Morgan fingerprint density at radius 2 is 2.40 bits per heavy atom. The number of thiol groups is 1. The lowest BCUT2D eigenvalue weighted by Crippen LogP contribution is -1.90. The Labute approximate surface area is 67.5 Å². The highest BCUT2D eigenvalue weighted by Gasteiger charge is 1.91. The van der Waals surface area contributed by atoms with Gasteiger partial charge in [0.2, 0.25) is 0 Å². The molecule has 0 bridgehead atoms. The third-order valence-electron chi connectivity index (χ3n) is 1.48. The first-order chi connectivity index (χ1) is 4.86. The van der Waals surface area contributed by atoms with E-state index in [4.69, 9.17) is 0 Å². The van der Waals surface area contributed by atoms with Crippen LogP contribution < -0.4 is 0 Å². The summed E-state index contributed by atoms with van der Waals surface area (Å²) < 4.78 is 2.20. The lowest BCUT2D eigenvalue weighted by molar-refractivity contribution is 0.682. The van der Waals surface area contributed by atoms with E-state index in [2.05, 4.69) is 42.6 Å². The van der Waals surface area contributed by atoms with E-state index in [1.54, 1.807) is 0 Å². The van der Waals surface area contributed by atoms with Crippen molar-refractivity contribution in [3.63, 3.8) is 0 Å². The van der Waals surface area contributed by atoms with Crippen LogP contribution >= 0.6 is 12.6 Å². The highest BCUT2D eigenvalue weighted by Crippen LogP contribution is 2.04. The number of nitrogens with zero attached hydrogens (tertiary/aromatic N) is 1. The molecule has 1 aromatic heterocycles. The molecule has 1 heterocycles. The molecule has 0 spiro atoms. The summed E-state index contributed by atoms with van der Waals surface area (Å²) in [6.07, 6.45) is 5.45. The maximum Gasteiger partial charge on any atom is 0.0217 e. The molecule has 56 valence electrons. The largest absolute Gasteiger partial charge is 0.354 e. The molecule has 0 fully saturated rings. The van der Waals surface area contributed by atoms with Gasteiger partial charge in [-0.2, -0.15) is 12.6 Å². The normalized spacial score (nSPS) is 10.2. The first-order valence-electron chi connectivity index (χ1n) is 3.62. The standard InChI is InChI=1S/C8H13NS/c1-2-4-9-5-3-8(6-9)7-10/h3,5-6,10H,2,4,7H2,1H3. The van der Waals surface area contributed by atoms with Crippen molar-refractivity contribution in [3.8, 4) is 0 Å². The SMILES string of the molecule is CCCn1ccc(CS)c1. The molecule has 1 nitrogen and oxygen atoms in total. The van der Waals surface area contributed by atoms with Crippen molar-refractivity contribution >= 4 is 12.6 Å². The highest BCUT2D eigenvalue weighted by molar-refractivity contribution is 7.79. The molecule has 1 rings (SSSR count). The molecular formula is C8H13NS. The predicted molar refractivity (Wildman–Crippen MR) is 47.4 cm³/mol. The molecule has 0 N–H and O–H groups in total. The lowest BCUT2D eigenvalue weighted by Gasteiger charge is -1.96. The smallest absolute Gasteiger partial charge is 0.0217 e. The average Bonchev–Trinajstić information content (AvgIpc) is 2.37. The van der Waals surface area contributed by atoms with Gasteiger partial charge in [0.05, 0.1) is 0 Å². The number of hydrogen-bond acceptors (Lipinski definition) is 1. The number of aryl methyl sites for hydroxylation is 1. The second-order valence-corrected chi connectivity index (χ2v) is 2.73. The second-order valence-electron chi connectivity index (χ2n) is 2.42. The van der Waals surface area contributed by atoms with E-state index >= 15 is 0 Å². The van der Waals surface area contributed by atoms with Crippen LogP contribution in [0.2, 0.25) is 0 Å². The van der Waals surface area contributed by atoms with Gasteiger partial charge in [0.15, 0.2) is 0 Å². The van der Waals surface area contributed by atoms with Crippen molar-refractivity contribution in [1.29, 1.82) is 0 Å². The third kappa shape index (κ3) is 1.81. The number of aromatic nitrogens is 1. The Balaban J connectivity index is 2.59. The maximum absolute atomic E-state index is 4.18. The summed E-state index contributed by atoms with van der Waals surface area (Å²) in [4.78, 5) is 0. The Kier molecular flexibility index (Phi) is 2.87. The predicted octanol–water partition coefficient (Wildman–Crippen LogP) is 2.33. The zero-order valence-corrected chi connectivity index (χ0v) is 7.14. The monoisotopic (exact) mass is 155 g/mol. The minimum Gasteiger partial charge on any atom is -0.354 e. The molecule has 2 heteroatoms. The van der Waals surface area contributed by atoms with Crippen LogP contribution in [0.3, 0.4) is 0 Å². The maximum atomic E-state index is 4.18. The Morgan fingerprint density at radius 1 is 1.60 bits per heavy atom. The summed E-state index contributed by atoms with van der Waals surface area (Å²) in [7, 11) is 0. The molecule has 0 atom stereocenters. The van der Waals surface area contributed by atoms with E-state index in [9.17, 15) is 0 Å². The molecular weight excluding hydrogens is 142 g/mol. The molecule has 0 amide bonds. The molecule has 0 saturated carbocycles. The molecule has 10 heavy (non-hydrogen) atoms. The molecule has 1 aromatic rings. The van der Waals surface area contributed by atoms with Gasteiger partial charge in [0.25, 0.3) is 0 Å². The average molecular weight is 155 g/mol. The third-order valence-corrected chi connectivity index (χ3v) is 1.84. The molecule has 0 aliphatic rings. The van der Waals surface area contributed by atoms with E-state index < -0.39 is 0 Å². The van der Waals surface area contributed by atoms with E-state index in [0.29, 0.717) is 0 Å². The van der Waals surface area contributed by atoms with Gasteiger partial charge in [-0.15, -0.1) is 0 Å². The van der Waals surface area contributed by atoms with Gasteiger partial charge in [-0.25, -0.2) is 0 Å². The zero-order chi connectivity index (χ0) is 7.40. The molecule has 0 saturated heterocycles. The number of hydrogen-bond donors (Lipinski definition) is 1. The van der Waals surface area contributed by atoms with E-state index in [0.717, 1.165) is 12.3 Å². The van der Waals surface area contributed by atoms with E-state index in [1.165, 1.54) is 12.0 Å². The molecule has 0 aliphatic carbocycles. The van der Waals surface area contributed by atoms with Crippen molar-refractivity contribution in [2.75, 3.05) is 0 Å². The van der Waals surface area contributed by atoms with Crippen LogP contribution in [-0.4, -0.2) is 4.57 Å². The molecule has 0 radical (unpaired) electrons. The Morgan fingerprint density at radius 3 is 2.90 bits per heavy atom. The van der Waals surface area contributed by atoms with Crippen LogP contribution in [0.5, 0.6) is 0 Å². The lowest BCUT2D eigenvalue weighted by atomic mass is 10.4. The van der Waals surface area contributed by atoms with Gasteiger partial charge < -0.3 is 4.57 Å². The van der Waals surface area contributed by atoms with Crippen LogP contribution in [0.1, 0.15) is 18.9 Å². The second kappa shape index (κ2) is 3.71. The first-order valence-corrected chi connectivity index (χ1v) is 4.25. The van der Waals surface area contributed by atoms with Crippen molar-refractivity contribution in [2.24, 2.45) is 0 Å². The van der Waals surface area contributed by atoms with Gasteiger partial charge in [-0.05, 0) is 18.1 Å². The fraction of sp³-hybridized carbons (Fsp3) is 0.500. The molecule has 0 aliphatic heterocycles. The van der Waals surface area contributed by atoms with Crippen LogP contribution in [-0.2, 0) is 12.3 Å². The summed E-state index contributed by atoms with van der Waals surface area (Å²) >= 11 is 4.18.